The van der Waals surface area contributed by atoms with Crippen molar-refractivity contribution in [3.05, 3.63) is 89.5 Å². The van der Waals surface area contributed by atoms with E-state index in [4.69, 9.17) is 26.1 Å². The van der Waals surface area contributed by atoms with Crippen molar-refractivity contribution in [1.29, 1.82) is 0 Å². The lowest BCUT2D eigenvalue weighted by atomic mass is 10.0. The van der Waals surface area contributed by atoms with Crippen LogP contribution in [0.25, 0.3) is 22.5 Å². The zero-order valence-corrected chi connectivity index (χ0v) is 18.6. The summed E-state index contributed by atoms with van der Waals surface area (Å²) in [5.74, 6) is 1.94. The maximum Gasteiger partial charge on any atom is 0.118 e. The molecule has 1 atom stereocenters. The average Bonchev–Trinajstić information content (AvgIpc) is 3.40. The summed E-state index contributed by atoms with van der Waals surface area (Å²) >= 11 is 6.29. The van der Waals surface area contributed by atoms with E-state index in [1.54, 1.807) is 7.11 Å². The standard InChI is InChI=1S/C26H24ClN3O2/c1-31-23-8-5-18(6-9-23)16-32-17-22-7-10-24-29-25(20-3-2-4-21(27)15-20)26(30(22)24)19-11-13-28-14-12-19/h2-6,8-9,11-15,22H,7,10,16-17H2,1H3/t22-/m0/s1. The van der Waals surface area contributed by atoms with Crippen LogP contribution in [0, 0.1) is 0 Å². The Morgan fingerprint density at radius 2 is 1.84 bits per heavy atom. The molecular formula is C26H24ClN3O2. The van der Waals surface area contributed by atoms with E-state index in [0.29, 0.717) is 18.2 Å². The quantitative estimate of drug-likeness (QED) is 0.351. The van der Waals surface area contributed by atoms with Crippen LogP contribution in [0.4, 0.5) is 0 Å². The summed E-state index contributed by atoms with van der Waals surface area (Å²) in [5.41, 5.74) is 5.29. The number of pyridine rings is 1. The second-order valence-corrected chi connectivity index (χ2v) is 8.33. The van der Waals surface area contributed by atoms with Crippen molar-refractivity contribution in [2.24, 2.45) is 0 Å². The highest BCUT2D eigenvalue weighted by molar-refractivity contribution is 6.30. The normalized spacial score (nSPS) is 15.0. The van der Waals surface area contributed by atoms with Gasteiger partial charge in [0.15, 0.2) is 0 Å². The largest absolute Gasteiger partial charge is 0.497 e. The van der Waals surface area contributed by atoms with Gasteiger partial charge in [0.25, 0.3) is 0 Å². The van der Waals surface area contributed by atoms with E-state index in [-0.39, 0.29) is 6.04 Å². The number of imidazole rings is 1. The molecule has 4 aromatic rings. The number of ether oxygens (including phenoxy) is 2. The highest BCUT2D eigenvalue weighted by atomic mass is 35.5. The molecule has 0 amide bonds. The lowest BCUT2D eigenvalue weighted by Crippen LogP contribution is -2.13. The Morgan fingerprint density at radius 3 is 2.59 bits per heavy atom. The molecule has 5 nitrogen and oxygen atoms in total. The third-order valence-corrected chi connectivity index (χ3v) is 6.08. The SMILES string of the molecule is COc1ccc(COC[C@@H]2CCc3nc(-c4cccc(Cl)c4)c(-c4ccncc4)n32)cc1. The molecule has 0 spiro atoms. The van der Waals surface area contributed by atoms with Crippen LogP contribution in [0.15, 0.2) is 73.1 Å². The molecule has 1 aliphatic heterocycles. The first kappa shape index (κ1) is 20.7. The average molecular weight is 446 g/mol. The molecule has 2 aromatic heterocycles. The number of benzene rings is 2. The fourth-order valence-electron chi connectivity index (χ4n) is 4.29. The summed E-state index contributed by atoms with van der Waals surface area (Å²) in [6, 6.07) is 20.2. The molecule has 1 aliphatic rings. The second kappa shape index (κ2) is 9.15. The van der Waals surface area contributed by atoms with Crippen LogP contribution in [0.5, 0.6) is 5.75 Å². The van der Waals surface area contributed by atoms with Gasteiger partial charge in [0.05, 0.1) is 37.8 Å². The van der Waals surface area contributed by atoms with Crippen LogP contribution >= 0.6 is 11.6 Å². The van der Waals surface area contributed by atoms with Gasteiger partial charge in [0.2, 0.25) is 0 Å². The van der Waals surface area contributed by atoms with Crippen molar-refractivity contribution in [3.63, 3.8) is 0 Å². The Hall–Kier alpha value is -3.15. The van der Waals surface area contributed by atoms with Gasteiger partial charge in [-0.15, -0.1) is 0 Å². The molecule has 32 heavy (non-hydrogen) atoms. The minimum atomic E-state index is 0.229. The van der Waals surface area contributed by atoms with Crippen molar-refractivity contribution in [2.75, 3.05) is 13.7 Å². The van der Waals surface area contributed by atoms with E-state index >= 15 is 0 Å². The summed E-state index contributed by atoms with van der Waals surface area (Å²) in [5, 5.41) is 0.704. The fraction of sp³-hybridized carbons (Fsp3) is 0.231. The van der Waals surface area contributed by atoms with Crippen molar-refractivity contribution in [3.8, 4) is 28.3 Å². The van der Waals surface area contributed by atoms with Crippen LogP contribution in [0.1, 0.15) is 23.9 Å². The predicted molar refractivity (Wildman–Crippen MR) is 126 cm³/mol. The number of methoxy groups -OCH3 is 1. The van der Waals surface area contributed by atoms with E-state index < -0.39 is 0 Å². The molecule has 0 saturated carbocycles. The Bertz CT molecular complexity index is 1210. The third-order valence-electron chi connectivity index (χ3n) is 5.84. The van der Waals surface area contributed by atoms with Gasteiger partial charge in [0, 0.05) is 35.0 Å². The van der Waals surface area contributed by atoms with Crippen molar-refractivity contribution < 1.29 is 9.47 Å². The molecule has 6 heteroatoms. The van der Waals surface area contributed by atoms with Gasteiger partial charge in [-0.05, 0) is 48.4 Å². The number of hydrogen-bond donors (Lipinski definition) is 0. The third kappa shape index (κ3) is 4.14. The van der Waals surface area contributed by atoms with Gasteiger partial charge in [-0.2, -0.15) is 0 Å². The van der Waals surface area contributed by atoms with E-state index in [1.807, 2.05) is 67.0 Å². The topological polar surface area (TPSA) is 49.2 Å². The Balaban J connectivity index is 1.43. The van der Waals surface area contributed by atoms with Crippen molar-refractivity contribution in [2.45, 2.75) is 25.5 Å². The molecule has 0 bridgehead atoms. The number of nitrogens with zero attached hydrogens (tertiary/aromatic N) is 3. The van der Waals surface area contributed by atoms with Crippen LogP contribution in [0.3, 0.4) is 0 Å². The second-order valence-electron chi connectivity index (χ2n) is 7.90. The summed E-state index contributed by atoms with van der Waals surface area (Å²) in [6.45, 7) is 1.19. The Labute approximate surface area is 192 Å². The minimum absolute atomic E-state index is 0.229. The van der Waals surface area contributed by atoms with Crippen LogP contribution in [-0.2, 0) is 17.8 Å². The van der Waals surface area contributed by atoms with Crippen LogP contribution < -0.4 is 4.74 Å². The number of fused-ring (bicyclic) bond motifs is 1. The summed E-state index contributed by atoms with van der Waals surface area (Å²) in [7, 11) is 1.67. The predicted octanol–water partition coefficient (Wildman–Crippen LogP) is 5.98. The molecule has 2 aromatic carbocycles. The van der Waals surface area contributed by atoms with E-state index in [0.717, 1.165) is 52.5 Å². The van der Waals surface area contributed by atoms with Gasteiger partial charge < -0.3 is 14.0 Å². The summed E-state index contributed by atoms with van der Waals surface area (Å²) in [4.78, 5) is 9.22. The molecule has 3 heterocycles. The van der Waals surface area contributed by atoms with Crippen molar-refractivity contribution in [1.82, 2.24) is 14.5 Å². The first-order valence-corrected chi connectivity index (χ1v) is 11.1. The number of aromatic nitrogens is 3. The molecule has 0 N–H and O–H groups in total. The summed E-state index contributed by atoms with van der Waals surface area (Å²) < 4.78 is 13.7. The van der Waals surface area contributed by atoms with E-state index in [1.165, 1.54) is 0 Å². The zero-order valence-electron chi connectivity index (χ0n) is 17.9. The maximum atomic E-state index is 6.29. The number of aryl methyl sites for hydroxylation is 1. The first-order chi connectivity index (χ1) is 15.7. The van der Waals surface area contributed by atoms with Gasteiger partial charge in [-0.25, -0.2) is 4.98 Å². The molecule has 0 saturated heterocycles. The molecule has 0 aliphatic carbocycles. The molecule has 0 unspecified atom stereocenters. The van der Waals surface area contributed by atoms with Crippen LogP contribution in [-0.4, -0.2) is 28.3 Å². The van der Waals surface area contributed by atoms with E-state index in [2.05, 4.69) is 15.6 Å². The molecule has 5 rings (SSSR count). The maximum absolute atomic E-state index is 6.29. The lowest BCUT2D eigenvalue weighted by Gasteiger charge is -2.18. The smallest absolute Gasteiger partial charge is 0.118 e. The number of hydrogen-bond acceptors (Lipinski definition) is 4. The highest BCUT2D eigenvalue weighted by Crippen LogP contribution is 2.40. The van der Waals surface area contributed by atoms with Gasteiger partial charge in [-0.3, -0.25) is 4.98 Å². The lowest BCUT2D eigenvalue weighted by molar-refractivity contribution is 0.0925. The van der Waals surface area contributed by atoms with Gasteiger partial charge >= 0.3 is 0 Å². The van der Waals surface area contributed by atoms with Gasteiger partial charge in [-0.1, -0.05) is 35.9 Å². The van der Waals surface area contributed by atoms with Crippen LogP contribution in [0.2, 0.25) is 5.02 Å². The summed E-state index contributed by atoms with van der Waals surface area (Å²) in [6.07, 6.45) is 5.58. The highest BCUT2D eigenvalue weighted by Gasteiger charge is 2.30. The number of halogens is 1. The first-order valence-electron chi connectivity index (χ1n) is 10.7. The monoisotopic (exact) mass is 445 g/mol. The van der Waals surface area contributed by atoms with E-state index in [9.17, 15) is 0 Å². The molecular weight excluding hydrogens is 422 g/mol. The Morgan fingerprint density at radius 1 is 1.03 bits per heavy atom. The zero-order chi connectivity index (χ0) is 21.9. The van der Waals surface area contributed by atoms with Crippen molar-refractivity contribution >= 4 is 11.6 Å². The minimum Gasteiger partial charge on any atom is -0.497 e. The molecule has 162 valence electrons. The molecule has 0 radical (unpaired) electrons. The Kier molecular flexibility index (Phi) is 5.93. The fourth-order valence-corrected chi connectivity index (χ4v) is 4.48. The van der Waals surface area contributed by atoms with Gasteiger partial charge in [0.1, 0.15) is 11.6 Å². The number of rotatable bonds is 7. The molecule has 0 fully saturated rings.